The zero-order valence-electron chi connectivity index (χ0n) is 18.2. The molecule has 3 N–H and O–H groups in total. The highest BCUT2D eigenvalue weighted by Gasteiger charge is 2.28. The van der Waals surface area contributed by atoms with E-state index in [9.17, 15) is 14.7 Å². The Hall–Kier alpha value is -3.40. The van der Waals surface area contributed by atoms with Gasteiger partial charge in [0.05, 0.1) is 22.5 Å². The number of carboxylic acid groups (broad SMARTS) is 2. The highest BCUT2D eigenvalue weighted by molar-refractivity contribution is 7.23. The molecule has 1 fully saturated rings. The lowest BCUT2D eigenvalue weighted by molar-refractivity contribution is -0.133. The number of rotatable bonds is 3. The third kappa shape index (κ3) is 4.13. The highest BCUT2D eigenvalue weighted by atomic mass is 35.5. The summed E-state index contributed by atoms with van der Waals surface area (Å²) in [5.41, 5.74) is 2.48. The summed E-state index contributed by atoms with van der Waals surface area (Å²) < 4.78 is 0.945. The molecule has 0 spiro atoms. The highest BCUT2D eigenvalue weighted by Crippen LogP contribution is 2.44. The maximum absolute atomic E-state index is 11.8. The van der Waals surface area contributed by atoms with Crippen molar-refractivity contribution < 1.29 is 19.8 Å². The number of carboxylic acids is 2. The zero-order chi connectivity index (χ0) is 24.0. The van der Waals surface area contributed by atoms with Crippen molar-refractivity contribution >= 4 is 72.7 Å². The average molecular weight is 497 g/mol. The Bertz CT molecular complexity index is 1390. The molecule has 0 atom stereocenters. The van der Waals surface area contributed by atoms with E-state index in [1.807, 2.05) is 24.3 Å². The van der Waals surface area contributed by atoms with Crippen molar-refractivity contribution in [2.24, 2.45) is 4.99 Å². The lowest BCUT2D eigenvalue weighted by Crippen LogP contribution is -2.47. The lowest BCUT2D eigenvalue weighted by atomic mass is 10.0. The number of halogens is 1. The molecule has 1 aromatic heterocycles. The molecule has 0 radical (unpaired) electrons. The van der Waals surface area contributed by atoms with E-state index in [4.69, 9.17) is 21.7 Å². The standard InChI is InChI=1S/C24H21ClN4O4S/c1-28-6-8-29(9-7-28)22-21-16-10-13(15(24(32)33)12-20(30)31)2-5-19(16)34-23(21)27-17-4-3-14(25)11-18(17)26-22/h2-5,10-12,27H,6-9H2,1H3,(H,30,31)(H,32,33). The van der Waals surface area contributed by atoms with Crippen LogP contribution >= 0.6 is 22.9 Å². The van der Waals surface area contributed by atoms with Gasteiger partial charge in [-0.3, -0.25) is 0 Å². The van der Waals surface area contributed by atoms with Crippen molar-refractivity contribution in [1.82, 2.24) is 9.80 Å². The number of nitrogens with one attached hydrogen (secondary N) is 1. The van der Waals surface area contributed by atoms with Crippen LogP contribution in [0.25, 0.3) is 15.7 Å². The van der Waals surface area contributed by atoms with Crippen LogP contribution in [0.15, 0.2) is 47.5 Å². The zero-order valence-corrected chi connectivity index (χ0v) is 19.8. The van der Waals surface area contributed by atoms with Crippen molar-refractivity contribution in [3.63, 3.8) is 0 Å². The van der Waals surface area contributed by atoms with Gasteiger partial charge in [-0.15, -0.1) is 11.3 Å². The fraction of sp³-hybridized carbons (Fsp3) is 0.208. The molecule has 5 rings (SSSR count). The molecule has 0 saturated carbocycles. The van der Waals surface area contributed by atoms with Crippen molar-refractivity contribution in [2.75, 3.05) is 38.5 Å². The second kappa shape index (κ2) is 8.75. The second-order valence-corrected chi connectivity index (χ2v) is 9.72. The number of hydrogen-bond donors (Lipinski definition) is 3. The molecule has 8 nitrogen and oxygen atoms in total. The monoisotopic (exact) mass is 496 g/mol. The van der Waals surface area contributed by atoms with E-state index >= 15 is 0 Å². The molecule has 0 amide bonds. The van der Waals surface area contributed by atoms with Crippen LogP contribution in [-0.2, 0) is 9.59 Å². The van der Waals surface area contributed by atoms with Crippen molar-refractivity contribution in [3.8, 4) is 0 Å². The van der Waals surface area contributed by atoms with E-state index in [1.165, 1.54) is 0 Å². The number of aliphatic carboxylic acids is 2. The van der Waals surface area contributed by atoms with E-state index in [0.29, 0.717) is 10.6 Å². The molecule has 3 aromatic rings. The summed E-state index contributed by atoms with van der Waals surface area (Å²) in [6.45, 7) is 3.37. The van der Waals surface area contributed by atoms with Gasteiger partial charge in [-0.25, -0.2) is 14.6 Å². The number of anilines is 2. The van der Waals surface area contributed by atoms with Gasteiger partial charge in [0.2, 0.25) is 0 Å². The molecule has 0 aliphatic carbocycles. The van der Waals surface area contributed by atoms with Gasteiger partial charge in [0.15, 0.2) is 0 Å². The van der Waals surface area contributed by atoms with E-state index in [2.05, 4.69) is 22.2 Å². The first-order chi connectivity index (χ1) is 16.3. The number of nitrogens with zero attached hydrogens (tertiary/aromatic N) is 3. The maximum Gasteiger partial charge on any atom is 0.336 e. The van der Waals surface area contributed by atoms with E-state index in [1.54, 1.807) is 23.5 Å². The number of carbonyl (C=O) groups is 2. The summed E-state index contributed by atoms with van der Waals surface area (Å²) >= 11 is 7.81. The fourth-order valence-electron chi connectivity index (χ4n) is 4.21. The molecule has 0 unspecified atom stereocenters. The number of piperazine rings is 1. The van der Waals surface area contributed by atoms with Crippen LogP contribution in [0.2, 0.25) is 5.02 Å². The molecule has 2 aliphatic rings. The normalized spacial score (nSPS) is 16.4. The molecule has 174 valence electrons. The van der Waals surface area contributed by atoms with Gasteiger partial charge in [0.1, 0.15) is 10.8 Å². The first-order valence-electron chi connectivity index (χ1n) is 10.6. The minimum Gasteiger partial charge on any atom is -0.478 e. The van der Waals surface area contributed by atoms with Crippen LogP contribution in [0, 0.1) is 0 Å². The van der Waals surface area contributed by atoms with E-state index in [0.717, 1.165) is 70.1 Å². The van der Waals surface area contributed by atoms with Gasteiger partial charge in [0, 0.05) is 47.4 Å². The number of likely N-dealkylation sites (N-methyl/N-ethyl adjacent to an activating group) is 1. The predicted octanol–water partition coefficient (Wildman–Crippen LogP) is 4.49. The number of hydrogen-bond acceptors (Lipinski definition) is 7. The van der Waals surface area contributed by atoms with Gasteiger partial charge in [-0.1, -0.05) is 17.7 Å². The first-order valence-corrected chi connectivity index (χ1v) is 11.8. The Morgan fingerprint density at radius 1 is 1.12 bits per heavy atom. The predicted molar refractivity (Wildman–Crippen MR) is 135 cm³/mol. The topological polar surface area (TPSA) is 105 Å². The Labute approximate surface area is 204 Å². The third-order valence-corrected chi connectivity index (χ3v) is 7.28. The molecule has 1 saturated heterocycles. The first kappa shape index (κ1) is 22.4. The van der Waals surface area contributed by atoms with Gasteiger partial charge in [-0.2, -0.15) is 0 Å². The maximum atomic E-state index is 11.8. The lowest BCUT2D eigenvalue weighted by Gasteiger charge is -2.34. The Morgan fingerprint density at radius 2 is 1.88 bits per heavy atom. The Balaban J connectivity index is 1.73. The van der Waals surface area contributed by atoms with Gasteiger partial charge < -0.3 is 25.3 Å². The number of aliphatic imine (C=N–C) groups is 1. The van der Waals surface area contributed by atoms with Crippen molar-refractivity contribution in [3.05, 3.63) is 58.6 Å². The summed E-state index contributed by atoms with van der Waals surface area (Å²) in [7, 11) is 2.09. The van der Waals surface area contributed by atoms with Crippen LogP contribution < -0.4 is 5.32 Å². The number of amidine groups is 1. The van der Waals surface area contributed by atoms with Gasteiger partial charge >= 0.3 is 11.9 Å². The number of benzene rings is 2. The minimum atomic E-state index is -1.31. The van der Waals surface area contributed by atoms with Crippen molar-refractivity contribution in [2.45, 2.75) is 0 Å². The molecule has 0 bridgehead atoms. The van der Waals surface area contributed by atoms with Crippen LogP contribution in [-0.4, -0.2) is 71.0 Å². The summed E-state index contributed by atoms with van der Waals surface area (Å²) in [6, 6.07) is 10.7. The molecule has 34 heavy (non-hydrogen) atoms. The third-order valence-electron chi connectivity index (χ3n) is 5.96. The van der Waals surface area contributed by atoms with Crippen LogP contribution in [0.1, 0.15) is 11.1 Å². The largest absolute Gasteiger partial charge is 0.478 e. The molecule has 3 heterocycles. The summed E-state index contributed by atoms with van der Waals surface area (Å²) in [5.74, 6) is -1.81. The Kier molecular flexibility index (Phi) is 5.76. The van der Waals surface area contributed by atoms with Crippen LogP contribution in [0.3, 0.4) is 0 Å². The van der Waals surface area contributed by atoms with E-state index < -0.39 is 11.9 Å². The SMILES string of the molecule is CN1CCN(C2=Nc3cc(Cl)ccc3Nc3sc4ccc(C(=CC(=O)O)C(=O)O)cc4c32)CC1. The second-order valence-electron chi connectivity index (χ2n) is 8.23. The van der Waals surface area contributed by atoms with E-state index in [-0.39, 0.29) is 5.57 Å². The molecule has 2 aliphatic heterocycles. The van der Waals surface area contributed by atoms with Crippen LogP contribution in [0.4, 0.5) is 16.4 Å². The molecular formula is C24H21ClN4O4S. The summed E-state index contributed by atoms with van der Waals surface area (Å²) in [6.07, 6.45) is 0.722. The summed E-state index contributed by atoms with van der Waals surface area (Å²) in [4.78, 5) is 32.5. The Morgan fingerprint density at radius 3 is 2.59 bits per heavy atom. The fourth-order valence-corrected chi connectivity index (χ4v) is 5.47. The number of thiophene rings is 1. The van der Waals surface area contributed by atoms with Crippen molar-refractivity contribution in [1.29, 1.82) is 0 Å². The van der Waals surface area contributed by atoms with Gasteiger partial charge in [-0.05, 0) is 42.9 Å². The quantitative estimate of drug-likeness (QED) is 0.459. The minimum absolute atomic E-state index is 0.274. The van der Waals surface area contributed by atoms with Crippen LogP contribution in [0.5, 0.6) is 0 Å². The average Bonchev–Trinajstić information content (AvgIpc) is 3.06. The smallest absolute Gasteiger partial charge is 0.336 e. The molecular weight excluding hydrogens is 476 g/mol. The summed E-state index contributed by atoms with van der Waals surface area (Å²) in [5, 5.41) is 24.6. The van der Waals surface area contributed by atoms with Gasteiger partial charge in [0.25, 0.3) is 0 Å². The molecule has 2 aromatic carbocycles. The molecule has 10 heteroatoms. The number of fused-ring (bicyclic) bond motifs is 4.